The average molecular weight is 407 g/mol. The molecule has 31 heavy (non-hydrogen) atoms. The van der Waals surface area contributed by atoms with Crippen LogP contribution in [-0.4, -0.2) is 30.4 Å². The topological polar surface area (TPSA) is 94.9 Å². The lowest BCUT2D eigenvalue weighted by atomic mass is 10.1. The van der Waals surface area contributed by atoms with Crippen LogP contribution >= 0.6 is 0 Å². The van der Waals surface area contributed by atoms with Crippen molar-refractivity contribution in [2.75, 3.05) is 24.5 Å². The zero-order valence-corrected chi connectivity index (χ0v) is 17.1. The van der Waals surface area contributed by atoms with E-state index in [0.29, 0.717) is 13.1 Å². The zero-order chi connectivity index (χ0) is 22.8. The van der Waals surface area contributed by atoms with Gasteiger partial charge >= 0.3 is 0 Å². The van der Waals surface area contributed by atoms with E-state index in [1.54, 1.807) is 18.2 Å². The van der Waals surface area contributed by atoms with Gasteiger partial charge in [0.1, 0.15) is 18.2 Å². The second-order valence-electron chi connectivity index (χ2n) is 6.46. The molecule has 0 atom stereocenters. The van der Waals surface area contributed by atoms with Crippen molar-refractivity contribution in [1.29, 1.82) is 15.8 Å². The van der Waals surface area contributed by atoms with Crippen molar-refractivity contribution >= 4 is 17.7 Å². The van der Waals surface area contributed by atoms with Crippen LogP contribution < -0.4 is 4.90 Å². The summed E-state index contributed by atoms with van der Waals surface area (Å²) in [5, 5.41) is 28.1. The standard InChI is InChI=1S/C25H21N5O/c1-4-13-29(14-5-2)21-10-7-19(8-11-21)9-12-22-23(18-28)24(20(16-26)17-27)30(15-6-3)25(22)31/h4-12H,1-3,13-15H2/b12-9+. The van der Waals surface area contributed by atoms with Gasteiger partial charge in [-0.2, -0.15) is 15.8 Å². The maximum absolute atomic E-state index is 12.9. The lowest BCUT2D eigenvalue weighted by molar-refractivity contribution is -0.123. The molecule has 1 aromatic rings. The first-order valence-corrected chi connectivity index (χ1v) is 9.43. The van der Waals surface area contributed by atoms with Crippen LogP contribution in [0.15, 0.2) is 90.7 Å². The number of hydrogen-bond donors (Lipinski definition) is 0. The number of amides is 1. The highest BCUT2D eigenvalue weighted by molar-refractivity contribution is 6.05. The van der Waals surface area contributed by atoms with E-state index in [1.165, 1.54) is 17.1 Å². The SMILES string of the molecule is C=CCN1C(=O)C(/C=C/c2ccc(N(CC=C)CC=C)cc2)=C(C#N)C1=C(C#N)C#N. The normalized spacial score (nSPS) is 12.9. The van der Waals surface area contributed by atoms with Crippen LogP contribution in [0.5, 0.6) is 0 Å². The molecule has 0 saturated heterocycles. The van der Waals surface area contributed by atoms with E-state index < -0.39 is 5.91 Å². The predicted molar refractivity (Wildman–Crippen MR) is 121 cm³/mol. The van der Waals surface area contributed by atoms with Crippen molar-refractivity contribution in [3.63, 3.8) is 0 Å². The van der Waals surface area contributed by atoms with Gasteiger partial charge in [-0.3, -0.25) is 4.79 Å². The molecule has 1 aliphatic heterocycles. The third kappa shape index (κ3) is 4.88. The van der Waals surface area contributed by atoms with Crippen LogP contribution in [0.3, 0.4) is 0 Å². The number of carbonyl (C=O) groups excluding carboxylic acids is 1. The number of hydrogen-bond acceptors (Lipinski definition) is 5. The molecule has 0 bridgehead atoms. The Morgan fingerprint density at radius 2 is 1.58 bits per heavy atom. The van der Waals surface area contributed by atoms with E-state index in [0.717, 1.165) is 11.3 Å². The number of allylic oxidation sites excluding steroid dienone is 2. The summed E-state index contributed by atoms with van der Waals surface area (Å²) in [5.74, 6) is -0.453. The molecule has 0 spiro atoms. The molecular formula is C25H21N5O. The summed E-state index contributed by atoms with van der Waals surface area (Å²) in [5.41, 5.74) is 1.70. The summed E-state index contributed by atoms with van der Waals surface area (Å²) < 4.78 is 0. The van der Waals surface area contributed by atoms with Crippen LogP contribution in [0.1, 0.15) is 5.56 Å². The van der Waals surface area contributed by atoms with Gasteiger partial charge < -0.3 is 9.80 Å². The van der Waals surface area contributed by atoms with Gasteiger partial charge in [0.15, 0.2) is 5.57 Å². The molecule has 0 N–H and O–H groups in total. The van der Waals surface area contributed by atoms with Crippen molar-refractivity contribution < 1.29 is 4.79 Å². The van der Waals surface area contributed by atoms with Crippen LogP contribution in [0.2, 0.25) is 0 Å². The molecule has 0 saturated carbocycles. The minimum absolute atomic E-state index is 0.000890. The number of carbonyl (C=O) groups is 1. The summed E-state index contributed by atoms with van der Waals surface area (Å²) in [7, 11) is 0. The van der Waals surface area contributed by atoms with Crippen molar-refractivity contribution in [2.24, 2.45) is 0 Å². The number of anilines is 1. The summed E-state index contributed by atoms with van der Waals surface area (Å²) >= 11 is 0. The summed E-state index contributed by atoms with van der Waals surface area (Å²) in [6.07, 6.45) is 8.36. The quantitative estimate of drug-likeness (QED) is 0.455. The molecule has 6 nitrogen and oxygen atoms in total. The minimum Gasteiger partial charge on any atom is -0.364 e. The van der Waals surface area contributed by atoms with E-state index >= 15 is 0 Å². The minimum atomic E-state index is -0.453. The summed E-state index contributed by atoms with van der Waals surface area (Å²) in [6.45, 7) is 12.6. The predicted octanol–water partition coefficient (Wildman–Crippen LogP) is 4.03. The molecule has 0 fully saturated rings. The van der Waals surface area contributed by atoms with Gasteiger partial charge in [-0.1, -0.05) is 36.4 Å². The highest BCUT2D eigenvalue weighted by Crippen LogP contribution is 2.32. The van der Waals surface area contributed by atoms with Gasteiger partial charge in [0.2, 0.25) is 0 Å². The molecule has 0 aromatic heterocycles. The summed E-state index contributed by atoms with van der Waals surface area (Å²) in [6, 6.07) is 13.2. The highest BCUT2D eigenvalue weighted by Gasteiger charge is 2.35. The van der Waals surface area contributed by atoms with E-state index in [-0.39, 0.29) is 29.0 Å². The van der Waals surface area contributed by atoms with Crippen molar-refractivity contribution in [3.8, 4) is 18.2 Å². The van der Waals surface area contributed by atoms with Gasteiger partial charge in [-0.15, -0.1) is 19.7 Å². The third-order valence-corrected chi connectivity index (χ3v) is 4.54. The van der Waals surface area contributed by atoms with Crippen LogP contribution in [0, 0.1) is 34.0 Å². The Labute approximate surface area is 182 Å². The molecule has 0 unspecified atom stereocenters. The van der Waals surface area contributed by atoms with Crippen molar-refractivity contribution in [2.45, 2.75) is 0 Å². The number of nitrogens with zero attached hydrogens (tertiary/aromatic N) is 5. The fourth-order valence-corrected chi connectivity index (χ4v) is 3.15. The Bertz CT molecular complexity index is 1090. The molecule has 1 aromatic carbocycles. The Kier molecular flexibility index (Phi) is 7.91. The van der Waals surface area contributed by atoms with Gasteiger partial charge in [-0.25, -0.2) is 0 Å². The van der Waals surface area contributed by atoms with E-state index in [2.05, 4.69) is 24.6 Å². The maximum Gasteiger partial charge on any atom is 0.260 e. The summed E-state index contributed by atoms with van der Waals surface area (Å²) in [4.78, 5) is 16.2. The highest BCUT2D eigenvalue weighted by atomic mass is 16.2. The fourth-order valence-electron chi connectivity index (χ4n) is 3.15. The van der Waals surface area contributed by atoms with Crippen molar-refractivity contribution in [1.82, 2.24) is 4.90 Å². The Balaban J connectivity index is 2.43. The molecule has 2 rings (SSSR count). The second kappa shape index (κ2) is 10.8. The van der Waals surface area contributed by atoms with Gasteiger partial charge in [-0.05, 0) is 23.8 Å². The molecular weight excluding hydrogens is 386 g/mol. The Morgan fingerprint density at radius 1 is 0.968 bits per heavy atom. The second-order valence-corrected chi connectivity index (χ2v) is 6.46. The van der Waals surface area contributed by atoms with E-state index in [4.69, 9.17) is 0 Å². The maximum atomic E-state index is 12.9. The van der Waals surface area contributed by atoms with Gasteiger partial charge in [0, 0.05) is 25.3 Å². The average Bonchev–Trinajstić information content (AvgIpc) is 3.04. The van der Waals surface area contributed by atoms with Gasteiger partial charge in [0.05, 0.1) is 16.8 Å². The molecule has 6 heteroatoms. The molecule has 1 amide bonds. The largest absolute Gasteiger partial charge is 0.364 e. The van der Waals surface area contributed by atoms with Crippen LogP contribution in [-0.2, 0) is 4.79 Å². The van der Waals surface area contributed by atoms with Crippen molar-refractivity contribution in [3.05, 3.63) is 96.3 Å². The molecule has 1 aliphatic rings. The Hall–Kier alpha value is -4.60. The van der Waals surface area contributed by atoms with E-state index in [9.17, 15) is 20.6 Å². The van der Waals surface area contributed by atoms with E-state index in [1.807, 2.05) is 42.5 Å². The number of rotatable bonds is 9. The molecule has 0 radical (unpaired) electrons. The monoisotopic (exact) mass is 407 g/mol. The first-order valence-electron chi connectivity index (χ1n) is 9.43. The number of benzene rings is 1. The first kappa shape index (κ1) is 22.7. The lowest BCUT2D eigenvalue weighted by Gasteiger charge is -2.21. The molecule has 1 heterocycles. The van der Waals surface area contributed by atoms with Crippen LogP contribution in [0.4, 0.5) is 5.69 Å². The zero-order valence-electron chi connectivity index (χ0n) is 17.1. The third-order valence-electron chi connectivity index (χ3n) is 4.54. The van der Waals surface area contributed by atoms with Crippen LogP contribution in [0.25, 0.3) is 6.08 Å². The number of nitriles is 3. The first-order chi connectivity index (χ1) is 15.1. The van der Waals surface area contributed by atoms with Gasteiger partial charge in [0.25, 0.3) is 5.91 Å². The molecule has 0 aliphatic carbocycles. The smallest absolute Gasteiger partial charge is 0.260 e. The lowest BCUT2D eigenvalue weighted by Crippen LogP contribution is -2.26. The fraction of sp³-hybridized carbons (Fsp3) is 0.120. The Morgan fingerprint density at radius 3 is 2.06 bits per heavy atom. The molecule has 152 valence electrons.